The minimum atomic E-state index is -1.43. The molecule has 2 aromatic carbocycles. The Balaban J connectivity index is 1.47. The lowest BCUT2D eigenvalue weighted by Crippen LogP contribution is -2.63. The molecule has 3 heterocycles. The van der Waals surface area contributed by atoms with Crippen molar-refractivity contribution in [2.24, 2.45) is 0 Å². The molecule has 4 unspecified atom stereocenters. The number of carbonyl (C=O) groups is 1. The summed E-state index contributed by atoms with van der Waals surface area (Å²) in [6.45, 7) is 5.07. The number of ether oxygens (including phenoxy) is 4. The molecule has 1 saturated heterocycles. The van der Waals surface area contributed by atoms with Crippen molar-refractivity contribution in [2.75, 3.05) is 19.5 Å². The molecule has 0 spiro atoms. The molecule has 206 valence electrons. The number of methoxy groups -OCH3 is 2. The second-order valence-corrected chi connectivity index (χ2v) is 9.97. The molecule has 0 bridgehead atoms. The maximum absolute atomic E-state index is 12.9. The summed E-state index contributed by atoms with van der Waals surface area (Å²) in [7, 11) is 2.85. The quantitative estimate of drug-likeness (QED) is 0.271. The van der Waals surface area contributed by atoms with Crippen molar-refractivity contribution >= 4 is 33.5 Å². The molecule has 2 aromatic heterocycles. The fourth-order valence-corrected chi connectivity index (χ4v) is 4.97. The van der Waals surface area contributed by atoms with Crippen molar-refractivity contribution in [2.45, 2.75) is 51.0 Å². The van der Waals surface area contributed by atoms with Crippen LogP contribution in [0.25, 0.3) is 21.9 Å². The van der Waals surface area contributed by atoms with E-state index in [-0.39, 0.29) is 22.8 Å². The largest absolute Gasteiger partial charge is 0.493 e. The van der Waals surface area contributed by atoms with Gasteiger partial charge in [-0.05, 0) is 45.0 Å². The molecule has 1 aliphatic heterocycles. The summed E-state index contributed by atoms with van der Waals surface area (Å²) in [5.74, 6) is -0.0786. The number of benzene rings is 2. The molecule has 39 heavy (non-hydrogen) atoms. The number of aryl methyl sites for hydroxylation is 1. The van der Waals surface area contributed by atoms with Crippen LogP contribution in [-0.2, 0) is 9.47 Å². The highest BCUT2D eigenvalue weighted by molar-refractivity contribution is 6.06. The van der Waals surface area contributed by atoms with Gasteiger partial charge in [-0.3, -0.25) is 4.79 Å². The van der Waals surface area contributed by atoms with Gasteiger partial charge in [0.05, 0.1) is 12.7 Å². The number of fused-ring (bicyclic) bond motifs is 2. The molecule has 4 aromatic rings. The molecule has 0 saturated carbocycles. The Morgan fingerprint density at radius 1 is 1.08 bits per heavy atom. The second kappa shape index (κ2) is 10.0. The topological polar surface area (TPSA) is 152 Å². The van der Waals surface area contributed by atoms with Crippen LogP contribution in [0, 0.1) is 6.92 Å². The predicted octanol–water partition coefficient (Wildman–Crippen LogP) is 3.09. The lowest BCUT2D eigenvalue weighted by molar-refractivity contribution is -0.306. The molecule has 5 rings (SSSR count). The van der Waals surface area contributed by atoms with E-state index in [0.29, 0.717) is 16.6 Å². The maximum atomic E-state index is 12.9. The fourth-order valence-electron chi connectivity index (χ4n) is 4.97. The summed E-state index contributed by atoms with van der Waals surface area (Å²) >= 11 is 0. The Kier molecular flexibility index (Phi) is 6.85. The van der Waals surface area contributed by atoms with Crippen LogP contribution in [0.2, 0.25) is 0 Å². The number of aromatic nitrogens is 1. The number of hydrogen-bond donors (Lipinski definition) is 4. The van der Waals surface area contributed by atoms with Crippen LogP contribution < -0.4 is 20.4 Å². The Hall–Kier alpha value is -3.90. The second-order valence-electron chi connectivity index (χ2n) is 9.97. The number of hydrogen-bond acceptors (Lipinski definition) is 9. The third-order valence-electron chi connectivity index (χ3n) is 6.94. The first-order valence-corrected chi connectivity index (χ1v) is 12.3. The third kappa shape index (κ3) is 4.74. The van der Waals surface area contributed by atoms with Gasteiger partial charge in [-0.2, -0.15) is 0 Å². The van der Waals surface area contributed by atoms with Gasteiger partial charge in [-0.15, -0.1) is 0 Å². The van der Waals surface area contributed by atoms with Gasteiger partial charge >= 0.3 is 5.63 Å². The number of anilines is 1. The lowest BCUT2D eigenvalue weighted by Gasteiger charge is -2.46. The number of H-pyrrole nitrogens is 1. The normalized spacial score (nSPS) is 22.6. The number of carbonyl (C=O) groups excluding carboxylic acids is 1. The van der Waals surface area contributed by atoms with E-state index in [0.717, 1.165) is 10.9 Å². The van der Waals surface area contributed by atoms with Gasteiger partial charge < -0.3 is 43.9 Å². The first kappa shape index (κ1) is 26.7. The van der Waals surface area contributed by atoms with Crippen LogP contribution in [0.4, 0.5) is 5.69 Å². The highest BCUT2D eigenvalue weighted by Crippen LogP contribution is 2.40. The van der Waals surface area contributed by atoms with Crippen LogP contribution in [0.5, 0.6) is 11.5 Å². The maximum Gasteiger partial charge on any atom is 0.360 e. The van der Waals surface area contributed by atoms with Crippen molar-refractivity contribution in [3.05, 3.63) is 64.1 Å². The van der Waals surface area contributed by atoms with Crippen LogP contribution >= 0.6 is 0 Å². The van der Waals surface area contributed by atoms with Gasteiger partial charge in [0.15, 0.2) is 11.5 Å². The summed E-state index contributed by atoms with van der Waals surface area (Å²) < 4.78 is 28.3. The molecular weight excluding hydrogens is 508 g/mol. The minimum absolute atomic E-state index is 0.0530. The van der Waals surface area contributed by atoms with E-state index >= 15 is 0 Å². The molecular formula is C28H30N2O9. The Morgan fingerprint density at radius 2 is 1.82 bits per heavy atom. The molecule has 11 heteroatoms. The highest BCUT2D eigenvalue weighted by Gasteiger charge is 2.50. The van der Waals surface area contributed by atoms with E-state index in [9.17, 15) is 19.8 Å². The predicted molar refractivity (Wildman–Crippen MR) is 142 cm³/mol. The first-order valence-electron chi connectivity index (χ1n) is 12.3. The lowest BCUT2D eigenvalue weighted by atomic mass is 9.89. The summed E-state index contributed by atoms with van der Waals surface area (Å²) in [5, 5.41) is 25.2. The van der Waals surface area contributed by atoms with Gasteiger partial charge in [0.1, 0.15) is 35.3 Å². The molecule has 11 nitrogen and oxygen atoms in total. The fraction of sp³-hybridized carbons (Fsp3) is 0.357. The first-order chi connectivity index (χ1) is 18.5. The number of aliphatic hydroxyl groups is 2. The van der Waals surface area contributed by atoms with Crippen LogP contribution in [0.15, 0.2) is 51.7 Å². The van der Waals surface area contributed by atoms with Gasteiger partial charge in [-0.25, -0.2) is 4.79 Å². The smallest absolute Gasteiger partial charge is 0.360 e. The van der Waals surface area contributed by atoms with Gasteiger partial charge in [0, 0.05) is 29.0 Å². The number of nitrogens with one attached hydrogen (secondary N) is 2. The van der Waals surface area contributed by atoms with E-state index in [1.807, 2.05) is 24.3 Å². The zero-order valence-corrected chi connectivity index (χ0v) is 22.1. The van der Waals surface area contributed by atoms with E-state index in [4.69, 9.17) is 23.4 Å². The number of aromatic amines is 1. The number of para-hydroxylation sites is 1. The van der Waals surface area contributed by atoms with Crippen LogP contribution in [-0.4, -0.2) is 65.5 Å². The molecule has 1 amide bonds. The van der Waals surface area contributed by atoms with E-state index in [1.54, 1.807) is 32.9 Å². The van der Waals surface area contributed by atoms with Crippen molar-refractivity contribution in [3.8, 4) is 11.5 Å². The van der Waals surface area contributed by atoms with Crippen molar-refractivity contribution < 1.29 is 38.4 Å². The molecule has 4 N–H and O–H groups in total. The van der Waals surface area contributed by atoms with Gasteiger partial charge in [-0.1, -0.05) is 18.2 Å². The number of amides is 1. The highest BCUT2D eigenvalue weighted by atomic mass is 16.7. The van der Waals surface area contributed by atoms with Crippen molar-refractivity contribution in [3.63, 3.8) is 0 Å². The Morgan fingerprint density at radius 3 is 2.51 bits per heavy atom. The van der Waals surface area contributed by atoms with Crippen LogP contribution in [0.3, 0.4) is 0 Å². The number of rotatable bonds is 6. The average Bonchev–Trinajstić information content (AvgIpc) is 3.34. The number of aliphatic hydroxyl groups excluding tert-OH is 2. The standard InChI is InChI=1S/C28H30N2O9/c1-13-22-15(11-18(26(34)37-22)30-25(33)17-10-14-8-6-7-9-16(14)29-17)12-19(35-4)23(13)38-27-21(32)20(31)24(36-5)28(2,3)39-27/h6-12,20-21,24,27,29,31-32H,1-5H3,(H,30,33). The van der Waals surface area contributed by atoms with Gasteiger partial charge in [0.25, 0.3) is 5.91 Å². The summed E-state index contributed by atoms with van der Waals surface area (Å²) in [6.07, 6.45) is -4.77. The van der Waals surface area contributed by atoms with Crippen molar-refractivity contribution in [1.29, 1.82) is 0 Å². The molecule has 1 aliphatic rings. The molecule has 0 radical (unpaired) electrons. The Labute approximate surface area is 223 Å². The third-order valence-corrected chi connectivity index (χ3v) is 6.94. The Bertz CT molecular complexity index is 1570. The van der Waals surface area contributed by atoms with Gasteiger partial charge in [0.2, 0.25) is 6.29 Å². The summed E-state index contributed by atoms with van der Waals surface area (Å²) in [4.78, 5) is 28.7. The van der Waals surface area contributed by atoms with E-state index in [2.05, 4.69) is 10.3 Å². The minimum Gasteiger partial charge on any atom is -0.493 e. The monoisotopic (exact) mass is 538 g/mol. The zero-order valence-electron chi connectivity index (χ0n) is 22.1. The average molecular weight is 539 g/mol. The van der Waals surface area contributed by atoms with Crippen molar-refractivity contribution in [1.82, 2.24) is 4.98 Å². The summed E-state index contributed by atoms with van der Waals surface area (Å²) in [5.41, 5.74) is -0.128. The van der Waals surface area contributed by atoms with E-state index < -0.39 is 41.7 Å². The summed E-state index contributed by atoms with van der Waals surface area (Å²) in [6, 6.07) is 12.2. The molecule has 4 atom stereocenters. The SMILES string of the molecule is COc1cc2cc(NC(=O)c3cc4ccccc4[nH]3)c(=O)oc2c(C)c1OC1OC(C)(C)C(OC)C(O)C1O. The molecule has 1 fully saturated rings. The molecule has 0 aliphatic carbocycles. The zero-order chi connectivity index (χ0) is 28.1. The van der Waals surface area contributed by atoms with Crippen LogP contribution in [0.1, 0.15) is 29.9 Å². The van der Waals surface area contributed by atoms with E-state index in [1.165, 1.54) is 20.3 Å².